The third kappa shape index (κ3) is 4.60. The van der Waals surface area contributed by atoms with Crippen molar-refractivity contribution in [2.24, 2.45) is 5.92 Å². The van der Waals surface area contributed by atoms with E-state index >= 15 is 0 Å². The predicted octanol–water partition coefficient (Wildman–Crippen LogP) is 3.00. The molecule has 2 aliphatic heterocycles. The Morgan fingerprint density at radius 2 is 1.79 bits per heavy atom. The van der Waals surface area contributed by atoms with Crippen molar-refractivity contribution in [3.05, 3.63) is 59.4 Å². The molecule has 2 aromatic carbocycles. The van der Waals surface area contributed by atoms with Gasteiger partial charge in [-0.3, -0.25) is 4.79 Å². The molecule has 0 aromatic heterocycles. The summed E-state index contributed by atoms with van der Waals surface area (Å²) in [5.74, 6) is 0.117. The smallest absolute Gasteiger partial charge is 0.245 e. The van der Waals surface area contributed by atoms with Gasteiger partial charge in [0.15, 0.2) is 17.3 Å². The van der Waals surface area contributed by atoms with Crippen molar-refractivity contribution in [2.75, 3.05) is 33.9 Å². The quantitative estimate of drug-likeness (QED) is 0.648. The van der Waals surface area contributed by atoms with Crippen LogP contribution in [0.25, 0.3) is 5.70 Å². The first-order chi connectivity index (χ1) is 15.8. The number of allylic oxidation sites excluding steroid dienone is 1. The number of hydrogen-bond acceptors (Lipinski definition) is 6. The second-order valence-corrected chi connectivity index (χ2v) is 10.0. The van der Waals surface area contributed by atoms with E-state index in [-0.39, 0.29) is 29.7 Å². The van der Waals surface area contributed by atoms with Gasteiger partial charge in [-0.05, 0) is 49.1 Å². The fourth-order valence-corrected chi connectivity index (χ4v) is 5.90. The predicted molar refractivity (Wildman–Crippen MR) is 122 cm³/mol. The summed E-state index contributed by atoms with van der Waals surface area (Å²) >= 11 is 0. The second kappa shape index (κ2) is 9.52. The summed E-state index contributed by atoms with van der Waals surface area (Å²) in [7, 11) is -0.775. The number of fused-ring (bicyclic) bond motifs is 1. The van der Waals surface area contributed by atoms with E-state index in [2.05, 4.69) is 5.32 Å². The van der Waals surface area contributed by atoms with Crippen LogP contribution in [0.5, 0.6) is 11.5 Å². The largest absolute Gasteiger partial charge is 0.493 e. The minimum Gasteiger partial charge on any atom is -0.493 e. The summed E-state index contributed by atoms with van der Waals surface area (Å²) < 4.78 is 51.7. The van der Waals surface area contributed by atoms with Crippen LogP contribution in [-0.2, 0) is 21.2 Å². The van der Waals surface area contributed by atoms with E-state index in [1.807, 2.05) is 12.1 Å². The molecule has 0 bridgehead atoms. The zero-order valence-corrected chi connectivity index (χ0v) is 19.5. The highest BCUT2D eigenvalue weighted by Gasteiger charge is 2.33. The molecule has 0 amide bonds. The molecule has 1 N–H and O–H groups in total. The monoisotopic (exact) mass is 474 g/mol. The summed E-state index contributed by atoms with van der Waals surface area (Å²) in [6.45, 7) is 1.04. The summed E-state index contributed by atoms with van der Waals surface area (Å²) in [6.07, 6.45) is 3.17. The Kier molecular flexibility index (Phi) is 6.71. The van der Waals surface area contributed by atoms with Gasteiger partial charge in [0.2, 0.25) is 10.0 Å². The second-order valence-electron chi connectivity index (χ2n) is 8.11. The number of benzene rings is 2. The van der Waals surface area contributed by atoms with Gasteiger partial charge in [-0.1, -0.05) is 12.1 Å². The van der Waals surface area contributed by atoms with Crippen molar-refractivity contribution in [3.8, 4) is 11.5 Å². The van der Waals surface area contributed by atoms with Crippen molar-refractivity contribution in [1.29, 1.82) is 0 Å². The molecule has 0 atom stereocenters. The van der Waals surface area contributed by atoms with Crippen molar-refractivity contribution >= 4 is 21.5 Å². The number of rotatable bonds is 6. The Morgan fingerprint density at radius 3 is 2.45 bits per heavy atom. The number of nitrogens with zero attached hydrogens (tertiary/aromatic N) is 1. The molecule has 7 nitrogen and oxygen atoms in total. The summed E-state index contributed by atoms with van der Waals surface area (Å²) in [5.41, 5.74) is 2.69. The van der Waals surface area contributed by atoms with Crippen LogP contribution in [0.15, 0.2) is 47.4 Å². The maximum absolute atomic E-state index is 14.0. The molecule has 176 valence electrons. The molecule has 0 unspecified atom stereocenters. The van der Waals surface area contributed by atoms with Crippen LogP contribution in [0, 0.1) is 11.7 Å². The SMILES string of the molecule is COc1cc2c(cc1OC)C(=CC(=O)C1CCN(S(=O)(=O)c3ccccc3F)CC1)NCC2. The first-order valence-electron chi connectivity index (χ1n) is 10.8. The lowest BCUT2D eigenvalue weighted by Crippen LogP contribution is -2.40. The van der Waals surface area contributed by atoms with Gasteiger partial charge >= 0.3 is 0 Å². The molecule has 2 aromatic rings. The summed E-state index contributed by atoms with van der Waals surface area (Å²) in [4.78, 5) is 12.7. The van der Waals surface area contributed by atoms with Crippen molar-refractivity contribution in [1.82, 2.24) is 9.62 Å². The van der Waals surface area contributed by atoms with E-state index < -0.39 is 15.8 Å². The third-order valence-electron chi connectivity index (χ3n) is 6.21. The molecule has 1 fully saturated rings. The Labute approximate surface area is 193 Å². The van der Waals surface area contributed by atoms with Gasteiger partial charge in [0, 0.05) is 42.9 Å². The van der Waals surface area contributed by atoms with Crippen LogP contribution < -0.4 is 14.8 Å². The average Bonchev–Trinajstić information content (AvgIpc) is 2.83. The summed E-state index contributed by atoms with van der Waals surface area (Å²) in [6, 6.07) is 9.15. The number of nitrogens with one attached hydrogen (secondary N) is 1. The number of halogens is 1. The first-order valence-corrected chi connectivity index (χ1v) is 12.3. The number of hydrogen-bond donors (Lipinski definition) is 1. The number of ketones is 1. The topological polar surface area (TPSA) is 84.9 Å². The van der Waals surface area contributed by atoms with Crippen molar-refractivity contribution < 1.29 is 27.1 Å². The standard InChI is InChI=1S/C24H27FN2O5S/c1-31-22-13-17-7-10-26-20(18(17)14-23(22)32-2)15-21(28)16-8-11-27(12-9-16)33(29,30)24-6-4-3-5-19(24)25/h3-6,13-16,26H,7-12H2,1-2H3. The van der Waals surface area contributed by atoms with Crippen LogP contribution >= 0.6 is 0 Å². The Morgan fingerprint density at radius 1 is 1.12 bits per heavy atom. The Bertz CT molecular complexity index is 1190. The molecule has 0 aliphatic carbocycles. The van der Waals surface area contributed by atoms with Crippen LogP contribution in [0.1, 0.15) is 24.0 Å². The van der Waals surface area contributed by atoms with Crippen molar-refractivity contribution in [3.63, 3.8) is 0 Å². The molecule has 0 spiro atoms. The highest BCUT2D eigenvalue weighted by Crippen LogP contribution is 2.35. The van der Waals surface area contributed by atoms with Gasteiger partial charge in [-0.15, -0.1) is 0 Å². The van der Waals surface area contributed by atoms with Crippen molar-refractivity contribution in [2.45, 2.75) is 24.2 Å². The maximum atomic E-state index is 14.0. The van der Waals surface area contributed by atoms with Crippen LogP contribution in [0.2, 0.25) is 0 Å². The van der Waals surface area contributed by atoms with E-state index in [1.165, 1.54) is 22.5 Å². The number of carbonyl (C=O) groups excluding carboxylic acids is 1. The Hall–Kier alpha value is -2.91. The van der Waals surface area contributed by atoms with E-state index in [1.54, 1.807) is 20.3 Å². The minimum atomic E-state index is -3.93. The fourth-order valence-electron chi connectivity index (χ4n) is 4.37. The zero-order valence-electron chi connectivity index (χ0n) is 18.6. The van der Waals surface area contributed by atoms with Gasteiger partial charge in [0.1, 0.15) is 10.7 Å². The Balaban J connectivity index is 1.49. The molecule has 4 rings (SSSR count). The molecule has 0 saturated carbocycles. The van der Waals surface area contributed by atoms with Crippen LogP contribution in [0.4, 0.5) is 4.39 Å². The highest BCUT2D eigenvalue weighted by molar-refractivity contribution is 7.89. The van der Waals surface area contributed by atoms with Gasteiger partial charge in [-0.25, -0.2) is 12.8 Å². The average molecular weight is 475 g/mol. The molecule has 2 heterocycles. The molecular weight excluding hydrogens is 447 g/mol. The minimum absolute atomic E-state index is 0.0527. The van der Waals surface area contributed by atoms with E-state index in [0.717, 1.165) is 29.3 Å². The summed E-state index contributed by atoms with van der Waals surface area (Å²) in [5, 5.41) is 3.29. The van der Waals surface area contributed by atoms with Gasteiger partial charge in [0.05, 0.1) is 14.2 Å². The van der Waals surface area contributed by atoms with E-state index in [4.69, 9.17) is 9.47 Å². The third-order valence-corrected chi connectivity index (χ3v) is 8.14. The van der Waals surface area contributed by atoms with Gasteiger partial charge in [0.25, 0.3) is 0 Å². The molecule has 0 radical (unpaired) electrons. The molecule has 9 heteroatoms. The van der Waals surface area contributed by atoms with E-state index in [0.29, 0.717) is 30.9 Å². The molecule has 33 heavy (non-hydrogen) atoms. The fraction of sp³-hybridized carbons (Fsp3) is 0.375. The number of ether oxygens (including phenoxy) is 2. The highest BCUT2D eigenvalue weighted by atomic mass is 32.2. The first kappa shape index (κ1) is 23.3. The number of carbonyl (C=O) groups is 1. The van der Waals surface area contributed by atoms with Crippen LogP contribution in [-0.4, -0.2) is 52.4 Å². The number of methoxy groups -OCH3 is 2. The maximum Gasteiger partial charge on any atom is 0.245 e. The lowest BCUT2D eigenvalue weighted by Gasteiger charge is -2.30. The van der Waals surface area contributed by atoms with E-state index in [9.17, 15) is 17.6 Å². The zero-order chi connectivity index (χ0) is 23.6. The number of piperidine rings is 1. The molecule has 1 saturated heterocycles. The normalized spacial score (nSPS) is 18.5. The lowest BCUT2D eigenvalue weighted by atomic mass is 9.90. The van der Waals surface area contributed by atoms with Crippen LogP contribution in [0.3, 0.4) is 0 Å². The lowest BCUT2D eigenvalue weighted by molar-refractivity contribution is -0.119. The van der Waals surface area contributed by atoms with Gasteiger partial charge < -0.3 is 14.8 Å². The molecular formula is C24H27FN2O5S. The molecule has 2 aliphatic rings. The van der Waals surface area contributed by atoms with Gasteiger partial charge in [-0.2, -0.15) is 4.31 Å². The number of sulfonamides is 1.